The van der Waals surface area contributed by atoms with E-state index in [0.29, 0.717) is 12.1 Å². The number of nitrogens with zero attached hydrogens (tertiary/aromatic N) is 1. The molecular formula is C14H20F2N2. The predicted octanol–water partition coefficient (Wildman–Crippen LogP) is 2.70. The molecule has 0 bridgehead atoms. The summed E-state index contributed by atoms with van der Waals surface area (Å²) < 4.78 is 26.7. The van der Waals surface area contributed by atoms with Crippen molar-refractivity contribution in [1.29, 1.82) is 0 Å². The van der Waals surface area contributed by atoms with Crippen LogP contribution in [-0.4, -0.2) is 25.0 Å². The van der Waals surface area contributed by atoms with Crippen LogP contribution >= 0.6 is 0 Å². The molecule has 2 atom stereocenters. The van der Waals surface area contributed by atoms with E-state index in [4.69, 9.17) is 5.73 Å². The smallest absolute Gasteiger partial charge is 0.126 e. The molecule has 1 saturated heterocycles. The summed E-state index contributed by atoms with van der Waals surface area (Å²) in [5, 5.41) is 0. The van der Waals surface area contributed by atoms with Crippen LogP contribution in [0.3, 0.4) is 0 Å². The molecule has 100 valence electrons. The molecule has 0 aliphatic carbocycles. The van der Waals surface area contributed by atoms with Crippen molar-refractivity contribution in [1.82, 2.24) is 4.90 Å². The Kier molecular flexibility index (Phi) is 4.30. The summed E-state index contributed by atoms with van der Waals surface area (Å²) in [4.78, 5) is 2.17. The normalized spacial score (nSPS) is 26.0. The minimum atomic E-state index is -0.515. The van der Waals surface area contributed by atoms with Crippen molar-refractivity contribution in [2.24, 2.45) is 11.7 Å². The minimum absolute atomic E-state index is 0.0164. The van der Waals surface area contributed by atoms with Gasteiger partial charge in [0.15, 0.2) is 0 Å². The molecule has 1 aromatic carbocycles. The second-order valence-electron chi connectivity index (χ2n) is 5.12. The first-order valence-electron chi connectivity index (χ1n) is 6.48. The van der Waals surface area contributed by atoms with E-state index in [0.717, 1.165) is 31.9 Å². The lowest BCUT2D eigenvalue weighted by Gasteiger charge is -2.32. The Hall–Kier alpha value is -1.00. The maximum absolute atomic E-state index is 13.4. The van der Waals surface area contributed by atoms with Gasteiger partial charge in [-0.15, -0.1) is 0 Å². The fraction of sp³-hybridized carbons (Fsp3) is 0.571. The van der Waals surface area contributed by atoms with Gasteiger partial charge >= 0.3 is 0 Å². The maximum atomic E-state index is 13.4. The van der Waals surface area contributed by atoms with E-state index in [1.807, 2.05) is 7.05 Å². The van der Waals surface area contributed by atoms with Gasteiger partial charge < -0.3 is 5.73 Å². The molecule has 2 rings (SSSR count). The van der Waals surface area contributed by atoms with Gasteiger partial charge in [-0.2, -0.15) is 0 Å². The number of hydrogen-bond donors (Lipinski definition) is 1. The monoisotopic (exact) mass is 254 g/mol. The van der Waals surface area contributed by atoms with Crippen molar-refractivity contribution in [2.75, 3.05) is 20.1 Å². The topological polar surface area (TPSA) is 29.3 Å². The Bertz CT molecular complexity index is 389. The van der Waals surface area contributed by atoms with Crippen LogP contribution in [0.25, 0.3) is 0 Å². The Balaban J connectivity index is 2.36. The summed E-state index contributed by atoms with van der Waals surface area (Å²) in [7, 11) is 2.00. The fourth-order valence-electron chi connectivity index (χ4n) is 2.94. The molecule has 0 amide bonds. The summed E-state index contributed by atoms with van der Waals surface area (Å²) in [6.07, 6.45) is 3.26. The van der Waals surface area contributed by atoms with E-state index < -0.39 is 11.6 Å². The van der Waals surface area contributed by atoms with Crippen molar-refractivity contribution < 1.29 is 8.78 Å². The van der Waals surface area contributed by atoms with E-state index in [2.05, 4.69) is 4.90 Å². The molecule has 0 radical (unpaired) electrons. The molecule has 1 fully saturated rings. The Labute approximate surface area is 107 Å². The second-order valence-corrected chi connectivity index (χ2v) is 5.12. The van der Waals surface area contributed by atoms with Gasteiger partial charge in [0.25, 0.3) is 0 Å². The van der Waals surface area contributed by atoms with E-state index in [1.165, 1.54) is 12.1 Å². The highest BCUT2D eigenvalue weighted by molar-refractivity contribution is 5.22. The SMILES string of the molecule is CN1CCCCC(CN)C1c1cc(F)cc(F)c1. The number of likely N-dealkylation sites (tertiary alicyclic amines) is 1. The molecular weight excluding hydrogens is 234 g/mol. The molecule has 0 aromatic heterocycles. The molecule has 1 heterocycles. The average molecular weight is 254 g/mol. The van der Waals surface area contributed by atoms with Gasteiger partial charge in [0, 0.05) is 12.1 Å². The standard InChI is InChI=1S/C14H20F2N2/c1-18-5-3-2-4-10(9-17)14(18)11-6-12(15)8-13(16)7-11/h6-8,10,14H,2-5,9,17H2,1H3. The Morgan fingerprint density at radius 3 is 2.50 bits per heavy atom. The second kappa shape index (κ2) is 5.76. The van der Waals surface area contributed by atoms with Gasteiger partial charge in [0.05, 0.1) is 0 Å². The van der Waals surface area contributed by atoms with Crippen LogP contribution in [0.2, 0.25) is 0 Å². The maximum Gasteiger partial charge on any atom is 0.126 e. The molecule has 1 aliphatic heterocycles. The third kappa shape index (κ3) is 2.87. The molecule has 2 unspecified atom stereocenters. The highest BCUT2D eigenvalue weighted by Gasteiger charge is 2.28. The van der Waals surface area contributed by atoms with Crippen LogP contribution in [0.4, 0.5) is 8.78 Å². The Morgan fingerprint density at radius 2 is 1.89 bits per heavy atom. The number of benzene rings is 1. The molecule has 1 aromatic rings. The quantitative estimate of drug-likeness (QED) is 0.879. The minimum Gasteiger partial charge on any atom is -0.330 e. The summed E-state index contributed by atoms with van der Waals surface area (Å²) in [6.45, 7) is 1.49. The number of halogens is 2. The number of nitrogens with two attached hydrogens (primary N) is 1. The highest BCUT2D eigenvalue weighted by Crippen LogP contribution is 2.34. The average Bonchev–Trinajstić information content (AvgIpc) is 2.49. The third-order valence-electron chi connectivity index (χ3n) is 3.79. The van der Waals surface area contributed by atoms with Crippen LogP contribution in [0, 0.1) is 17.6 Å². The molecule has 2 nitrogen and oxygen atoms in total. The fourth-order valence-corrected chi connectivity index (χ4v) is 2.94. The summed E-state index contributed by atoms with van der Waals surface area (Å²) in [6, 6.07) is 3.79. The lowest BCUT2D eigenvalue weighted by atomic mass is 9.89. The molecule has 18 heavy (non-hydrogen) atoms. The van der Waals surface area contributed by atoms with Crippen LogP contribution in [0.1, 0.15) is 30.9 Å². The third-order valence-corrected chi connectivity index (χ3v) is 3.79. The van der Waals surface area contributed by atoms with Crippen molar-refractivity contribution >= 4 is 0 Å². The molecule has 0 saturated carbocycles. The van der Waals surface area contributed by atoms with Gasteiger partial charge in [0.1, 0.15) is 11.6 Å². The lowest BCUT2D eigenvalue weighted by molar-refractivity contribution is 0.195. The zero-order chi connectivity index (χ0) is 13.1. The van der Waals surface area contributed by atoms with Gasteiger partial charge in [-0.1, -0.05) is 6.42 Å². The number of rotatable bonds is 2. The zero-order valence-corrected chi connectivity index (χ0v) is 10.7. The molecule has 0 spiro atoms. The number of hydrogen-bond acceptors (Lipinski definition) is 2. The van der Waals surface area contributed by atoms with E-state index in [1.54, 1.807) is 0 Å². The first-order valence-corrected chi connectivity index (χ1v) is 6.48. The van der Waals surface area contributed by atoms with Crippen molar-refractivity contribution in [3.63, 3.8) is 0 Å². The largest absolute Gasteiger partial charge is 0.330 e. The van der Waals surface area contributed by atoms with E-state index in [-0.39, 0.29) is 12.0 Å². The first-order chi connectivity index (χ1) is 8.61. The summed E-state index contributed by atoms with van der Waals surface area (Å²) in [5.74, 6) is -0.768. The van der Waals surface area contributed by atoms with Crippen LogP contribution in [-0.2, 0) is 0 Å². The van der Waals surface area contributed by atoms with Crippen LogP contribution in [0.15, 0.2) is 18.2 Å². The highest BCUT2D eigenvalue weighted by atomic mass is 19.1. The predicted molar refractivity (Wildman–Crippen MR) is 68.1 cm³/mol. The van der Waals surface area contributed by atoms with Gasteiger partial charge in [-0.3, -0.25) is 4.90 Å². The summed E-state index contributed by atoms with van der Waals surface area (Å²) in [5.41, 5.74) is 6.53. The first kappa shape index (κ1) is 13.4. The van der Waals surface area contributed by atoms with Crippen molar-refractivity contribution in [2.45, 2.75) is 25.3 Å². The lowest BCUT2D eigenvalue weighted by Crippen LogP contribution is -2.33. The van der Waals surface area contributed by atoms with Gasteiger partial charge in [-0.05, 0) is 56.6 Å². The molecule has 2 N–H and O–H groups in total. The zero-order valence-electron chi connectivity index (χ0n) is 10.7. The van der Waals surface area contributed by atoms with Gasteiger partial charge in [0.2, 0.25) is 0 Å². The van der Waals surface area contributed by atoms with Crippen molar-refractivity contribution in [3.05, 3.63) is 35.4 Å². The van der Waals surface area contributed by atoms with Gasteiger partial charge in [-0.25, -0.2) is 8.78 Å². The van der Waals surface area contributed by atoms with Crippen molar-refractivity contribution in [3.8, 4) is 0 Å². The molecule has 4 heteroatoms. The van der Waals surface area contributed by atoms with Crippen LogP contribution in [0.5, 0.6) is 0 Å². The molecule has 1 aliphatic rings. The Morgan fingerprint density at radius 1 is 1.22 bits per heavy atom. The van der Waals surface area contributed by atoms with E-state index in [9.17, 15) is 8.78 Å². The van der Waals surface area contributed by atoms with E-state index >= 15 is 0 Å². The summed E-state index contributed by atoms with van der Waals surface area (Å²) >= 11 is 0. The van der Waals surface area contributed by atoms with Crippen LogP contribution < -0.4 is 5.73 Å².